The molecule has 0 radical (unpaired) electrons. The molecule has 0 N–H and O–H groups in total. The van der Waals surface area contributed by atoms with Crippen LogP contribution < -0.4 is 4.74 Å². The van der Waals surface area contributed by atoms with E-state index < -0.39 is 0 Å². The van der Waals surface area contributed by atoms with E-state index >= 15 is 0 Å². The molecule has 0 aromatic heterocycles. The number of para-hydroxylation sites is 1. The minimum Gasteiger partial charge on any atom is -0.457 e. The molecule has 80 valence electrons. The Labute approximate surface area is 99.4 Å². The first-order chi connectivity index (χ1) is 7.92. The fraction of sp³-hybridized carbons (Fsp3) is 0.143. The van der Waals surface area contributed by atoms with Crippen molar-refractivity contribution in [2.24, 2.45) is 0 Å². The first kappa shape index (κ1) is 9.79. The summed E-state index contributed by atoms with van der Waals surface area (Å²) in [5.74, 6) is 3.03. The molecule has 2 aromatic carbocycles. The third kappa shape index (κ3) is 1.93. The van der Waals surface area contributed by atoms with Gasteiger partial charge >= 0.3 is 0 Å². The van der Waals surface area contributed by atoms with E-state index in [4.69, 9.17) is 4.74 Å². The number of rotatable bonds is 2. The van der Waals surface area contributed by atoms with Crippen LogP contribution in [0.1, 0.15) is 5.56 Å². The Balaban J connectivity index is 1.86. The molecule has 1 heterocycles. The fourth-order valence-corrected chi connectivity index (χ4v) is 2.90. The predicted molar refractivity (Wildman–Crippen MR) is 67.4 cm³/mol. The van der Waals surface area contributed by atoms with Gasteiger partial charge in [0.15, 0.2) is 0 Å². The first-order valence-electron chi connectivity index (χ1n) is 5.40. The highest BCUT2D eigenvalue weighted by Crippen LogP contribution is 2.34. The van der Waals surface area contributed by atoms with Crippen LogP contribution >= 0.6 is 11.8 Å². The lowest BCUT2D eigenvalue weighted by molar-refractivity contribution is 0.481. The van der Waals surface area contributed by atoms with E-state index in [1.165, 1.54) is 16.2 Å². The van der Waals surface area contributed by atoms with Crippen LogP contribution in [0.5, 0.6) is 11.5 Å². The molecule has 0 aliphatic carbocycles. The molecular formula is C14H12OS. The number of ether oxygens (including phenoxy) is 1. The average molecular weight is 228 g/mol. The van der Waals surface area contributed by atoms with E-state index in [9.17, 15) is 0 Å². The maximum atomic E-state index is 5.79. The highest BCUT2D eigenvalue weighted by molar-refractivity contribution is 7.99. The van der Waals surface area contributed by atoms with Gasteiger partial charge in [0.2, 0.25) is 0 Å². The fourth-order valence-electron chi connectivity index (χ4n) is 1.85. The minimum absolute atomic E-state index is 0.896. The average Bonchev–Trinajstić information content (AvgIpc) is 2.77. The molecule has 0 amide bonds. The summed E-state index contributed by atoms with van der Waals surface area (Å²) in [5.41, 5.74) is 1.42. The number of benzene rings is 2. The van der Waals surface area contributed by atoms with Crippen LogP contribution in [0.2, 0.25) is 0 Å². The largest absolute Gasteiger partial charge is 0.457 e. The third-order valence-corrected chi connectivity index (χ3v) is 3.76. The molecule has 16 heavy (non-hydrogen) atoms. The van der Waals surface area contributed by atoms with Crippen molar-refractivity contribution in [2.45, 2.75) is 11.3 Å². The second-order valence-electron chi connectivity index (χ2n) is 3.78. The first-order valence-corrected chi connectivity index (χ1v) is 6.39. The maximum Gasteiger partial charge on any atom is 0.127 e. The zero-order chi connectivity index (χ0) is 10.8. The number of aryl methyl sites for hydroxylation is 1. The summed E-state index contributed by atoms with van der Waals surface area (Å²) in [6, 6.07) is 16.3. The SMILES string of the molecule is c1ccc(Oc2ccc3c(c2)CCS3)cc1. The number of fused-ring (bicyclic) bond motifs is 1. The molecule has 0 spiro atoms. The highest BCUT2D eigenvalue weighted by Gasteiger charge is 2.11. The van der Waals surface area contributed by atoms with E-state index in [2.05, 4.69) is 12.1 Å². The van der Waals surface area contributed by atoms with Crippen molar-refractivity contribution in [3.8, 4) is 11.5 Å². The van der Waals surface area contributed by atoms with Crippen molar-refractivity contribution in [1.29, 1.82) is 0 Å². The van der Waals surface area contributed by atoms with Gasteiger partial charge in [0, 0.05) is 10.6 Å². The molecule has 0 atom stereocenters. The quantitative estimate of drug-likeness (QED) is 0.764. The number of thioether (sulfide) groups is 1. The predicted octanol–water partition coefficient (Wildman–Crippen LogP) is 4.13. The van der Waals surface area contributed by atoms with Crippen LogP contribution in [0.15, 0.2) is 53.4 Å². The van der Waals surface area contributed by atoms with Gasteiger partial charge in [-0.3, -0.25) is 0 Å². The molecule has 0 fully saturated rings. The van der Waals surface area contributed by atoms with Gasteiger partial charge in [0.25, 0.3) is 0 Å². The van der Waals surface area contributed by atoms with E-state index in [1.807, 2.05) is 48.2 Å². The molecule has 2 heteroatoms. The molecule has 2 aromatic rings. The lowest BCUT2D eigenvalue weighted by Gasteiger charge is -2.06. The van der Waals surface area contributed by atoms with Gasteiger partial charge in [0.1, 0.15) is 11.5 Å². The van der Waals surface area contributed by atoms with Crippen molar-refractivity contribution < 1.29 is 4.74 Å². The van der Waals surface area contributed by atoms with Crippen LogP contribution in [0.3, 0.4) is 0 Å². The zero-order valence-electron chi connectivity index (χ0n) is 8.85. The summed E-state index contributed by atoms with van der Waals surface area (Å²) >= 11 is 1.93. The lowest BCUT2D eigenvalue weighted by atomic mass is 10.2. The molecular weight excluding hydrogens is 216 g/mol. The second-order valence-corrected chi connectivity index (χ2v) is 4.92. The Bertz CT molecular complexity index is 493. The van der Waals surface area contributed by atoms with Gasteiger partial charge in [-0.15, -0.1) is 11.8 Å². The van der Waals surface area contributed by atoms with Crippen LogP contribution in [0.25, 0.3) is 0 Å². The third-order valence-electron chi connectivity index (χ3n) is 2.64. The molecule has 1 aliphatic rings. The summed E-state index contributed by atoms with van der Waals surface area (Å²) in [5, 5.41) is 0. The topological polar surface area (TPSA) is 9.23 Å². The number of hydrogen-bond donors (Lipinski definition) is 0. The molecule has 0 saturated heterocycles. The Hall–Kier alpha value is -1.41. The standard InChI is InChI=1S/C14H12OS/c1-2-4-12(5-3-1)15-13-6-7-14-11(10-13)8-9-16-14/h1-7,10H,8-9H2. The van der Waals surface area contributed by atoms with E-state index in [1.54, 1.807) is 0 Å². The second kappa shape index (κ2) is 4.22. The zero-order valence-corrected chi connectivity index (χ0v) is 9.67. The number of hydrogen-bond acceptors (Lipinski definition) is 2. The summed E-state index contributed by atoms with van der Waals surface area (Å²) in [6.07, 6.45) is 1.16. The van der Waals surface area contributed by atoms with Gasteiger partial charge in [-0.25, -0.2) is 0 Å². The van der Waals surface area contributed by atoms with E-state index in [0.29, 0.717) is 0 Å². The van der Waals surface area contributed by atoms with Crippen LogP contribution in [-0.2, 0) is 6.42 Å². The van der Waals surface area contributed by atoms with Gasteiger partial charge in [-0.05, 0) is 42.3 Å². The van der Waals surface area contributed by atoms with Gasteiger partial charge in [-0.2, -0.15) is 0 Å². The van der Waals surface area contributed by atoms with E-state index in [0.717, 1.165) is 17.9 Å². The lowest BCUT2D eigenvalue weighted by Crippen LogP contribution is -1.86. The van der Waals surface area contributed by atoms with Gasteiger partial charge in [-0.1, -0.05) is 18.2 Å². The van der Waals surface area contributed by atoms with Crippen molar-refractivity contribution in [1.82, 2.24) is 0 Å². The molecule has 0 unspecified atom stereocenters. The van der Waals surface area contributed by atoms with Crippen LogP contribution in [-0.4, -0.2) is 5.75 Å². The Morgan fingerprint density at radius 2 is 1.81 bits per heavy atom. The van der Waals surface area contributed by atoms with Crippen molar-refractivity contribution in [3.63, 3.8) is 0 Å². The molecule has 0 saturated carbocycles. The Morgan fingerprint density at radius 3 is 2.69 bits per heavy atom. The molecule has 0 bridgehead atoms. The van der Waals surface area contributed by atoms with Crippen LogP contribution in [0.4, 0.5) is 0 Å². The van der Waals surface area contributed by atoms with Gasteiger partial charge in [0.05, 0.1) is 0 Å². The van der Waals surface area contributed by atoms with Crippen molar-refractivity contribution in [3.05, 3.63) is 54.1 Å². The summed E-state index contributed by atoms with van der Waals surface area (Å²) in [6.45, 7) is 0. The summed E-state index contributed by atoms with van der Waals surface area (Å²) in [7, 11) is 0. The molecule has 1 aliphatic heterocycles. The molecule has 1 nitrogen and oxygen atoms in total. The minimum atomic E-state index is 0.896. The van der Waals surface area contributed by atoms with E-state index in [-0.39, 0.29) is 0 Å². The summed E-state index contributed by atoms with van der Waals surface area (Å²) in [4.78, 5) is 1.40. The van der Waals surface area contributed by atoms with Crippen molar-refractivity contribution >= 4 is 11.8 Å². The highest BCUT2D eigenvalue weighted by atomic mass is 32.2. The maximum absolute atomic E-state index is 5.79. The van der Waals surface area contributed by atoms with Crippen molar-refractivity contribution in [2.75, 3.05) is 5.75 Å². The Kier molecular flexibility index (Phi) is 2.58. The van der Waals surface area contributed by atoms with Gasteiger partial charge < -0.3 is 4.74 Å². The molecule has 3 rings (SSSR count). The summed E-state index contributed by atoms with van der Waals surface area (Å²) < 4.78 is 5.79. The monoisotopic (exact) mass is 228 g/mol. The Morgan fingerprint density at radius 1 is 0.938 bits per heavy atom. The normalized spacial score (nSPS) is 13.5. The van der Waals surface area contributed by atoms with Crippen LogP contribution in [0, 0.1) is 0 Å². The smallest absolute Gasteiger partial charge is 0.127 e.